The predicted octanol–water partition coefficient (Wildman–Crippen LogP) is 2.84. The van der Waals surface area contributed by atoms with Gasteiger partial charge in [0.1, 0.15) is 5.75 Å². The van der Waals surface area contributed by atoms with Crippen molar-refractivity contribution in [2.45, 2.75) is 19.5 Å². The SMILES string of the molecule is COc1ccccc1CN1CCc2cccc(N)c2C1. The molecule has 0 aliphatic carbocycles. The van der Waals surface area contributed by atoms with E-state index in [0.717, 1.165) is 37.5 Å². The number of methoxy groups -OCH3 is 1. The molecule has 2 N–H and O–H groups in total. The first-order valence-corrected chi connectivity index (χ1v) is 6.98. The number of nitrogens with two attached hydrogens (primary N) is 1. The van der Waals surface area contributed by atoms with Gasteiger partial charge in [0.05, 0.1) is 7.11 Å². The van der Waals surface area contributed by atoms with Crippen LogP contribution in [0.1, 0.15) is 16.7 Å². The van der Waals surface area contributed by atoms with Crippen molar-refractivity contribution in [1.29, 1.82) is 0 Å². The van der Waals surface area contributed by atoms with Crippen molar-refractivity contribution in [3.63, 3.8) is 0 Å². The number of para-hydroxylation sites is 1. The molecule has 20 heavy (non-hydrogen) atoms. The molecular weight excluding hydrogens is 248 g/mol. The Bertz CT molecular complexity index is 610. The molecule has 2 aromatic rings. The summed E-state index contributed by atoms with van der Waals surface area (Å²) in [5.41, 5.74) is 10.9. The van der Waals surface area contributed by atoms with Crippen molar-refractivity contribution in [1.82, 2.24) is 4.90 Å². The normalized spacial score (nSPS) is 14.8. The van der Waals surface area contributed by atoms with Gasteiger partial charge in [0.25, 0.3) is 0 Å². The minimum absolute atomic E-state index is 0.901. The van der Waals surface area contributed by atoms with Crippen LogP contribution in [-0.4, -0.2) is 18.6 Å². The van der Waals surface area contributed by atoms with Crippen molar-refractivity contribution >= 4 is 5.69 Å². The van der Waals surface area contributed by atoms with Crippen LogP contribution in [0.5, 0.6) is 5.75 Å². The maximum Gasteiger partial charge on any atom is 0.123 e. The topological polar surface area (TPSA) is 38.5 Å². The van der Waals surface area contributed by atoms with Crippen LogP contribution in [0.15, 0.2) is 42.5 Å². The molecule has 2 aromatic carbocycles. The van der Waals surface area contributed by atoms with E-state index in [2.05, 4.69) is 23.1 Å². The third kappa shape index (κ3) is 2.49. The van der Waals surface area contributed by atoms with Crippen LogP contribution in [0.25, 0.3) is 0 Å². The van der Waals surface area contributed by atoms with Crippen LogP contribution in [0.4, 0.5) is 5.69 Å². The zero-order chi connectivity index (χ0) is 13.9. The van der Waals surface area contributed by atoms with Crippen molar-refractivity contribution < 1.29 is 4.74 Å². The van der Waals surface area contributed by atoms with E-state index in [4.69, 9.17) is 10.5 Å². The molecule has 3 rings (SSSR count). The van der Waals surface area contributed by atoms with Crippen LogP contribution >= 0.6 is 0 Å². The fourth-order valence-corrected chi connectivity index (χ4v) is 2.87. The summed E-state index contributed by atoms with van der Waals surface area (Å²) in [4.78, 5) is 2.43. The maximum absolute atomic E-state index is 6.10. The molecule has 0 atom stereocenters. The van der Waals surface area contributed by atoms with E-state index in [1.54, 1.807) is 7.11 Å². The van der Waals surface area contributed by atoms with Crippen molar-refractivity contribution in [3.8, 4) is 5.75 Å². The van der Waals surface area contributed by atoms with Gasteiger partial charge in [-0.2, -0.15) is 0 Å². The highest BCUT2D eigenvalue weighted by Crippen LogP contribution is 2.27. The Hall–Kier alpha value is -2.00. The molecule has 0 radical (unpaired) electrons. The van der Waals surface area contributed by atoms with Gasteiger partial charge in [0, 0.05) is 30.9 Å². The monoisotopic (exact) mass is 268 g/mol. The van der Waals surface area contributed by atoms with Gasteiger partial charge in [0.2, 0.25) is 0 Å². The predicted molar refractivity (Wildman–Crippen MR) is 81.7 cm³/mol. The summed E-state index contributed by atoms with van der Waals surface area (Å²) in [7, 11) is 1.72. The van der Waals surface area contributed by atoms with Crippen molar-refractivity contribution in [3.05, 3.63) is 59.2 Å². The molecule has 1 aliphatic heterocycles. The average Bonchev–Trinajstić information content (AvgIpc) is 2.49. The molecule has 0 amide bonds. The molecule has 104 valence electrons. The lowest BCUT2D eigenvalue weighted by molar-refractivity contribution is 0.242. The molecule has 1 heterocycles. The van der Waals surface area contributed by atoms with Crippen LogP contribution in [-0.2, 0) is 19.5 Å². The lowest BCUT2D eigenvalue weighted by Crippen LogP contribution is -2.30. The number of ether oxygens (including phenoxy) is 1. The second-order valence-corrected chi connectivity index (χ2v) is 5.26. The molecule has 3 heteroatoms. The largest absolute Gasteiger partial charge is 0.496 e. The molecule has 0 aromatic heterocycles. The fraction of sp³-hybridized carbons (Fsp3) is 0.294. The number of rotatable bonds is 3. The van der Waals surface area contributed by atoms with Gasteiger partial charge in [-0.1, -0.05) is 30.3 Å². The van der Waals surface area contributed by atoms with E-state index in [-0.39, 0.29) is 0 Å². The number of nitrogens with zero attached hydrogens (tertiary/aromatic N) is 1. The molecule has 0 saturated heterocycles. The first-order chi connectivity index (χ1) is 9.78. The molecule has 0 saturated carbocycles. The van der Waals surface area contributed by atoms with Gasteiger partial charge < -0.3 is 10.5 Å². The van der Waals surface area contributed by atoms with Crippen molar-refractivity contribution in [2.24, 2.45) is 0 Å². The standard InChI is InChI=1S/C17H20N2O/c1-20-17-8-3-2-5-14(17)11-19-10-9-13-6-4-7-16(18)15(13)12-19/h2-8H,9-12,18H2,1H3. The van der Waals surface area contributed by atoms with Crippen LogP contribution in [0, 0.1) is 0 Å². The Kier molecular flexibility index (Phi) is 3.61. The lowest BCUT2D eigenvalue weighted by Gasteiger charge is -2.30. The van der Waals surface area contributed by atoms with E-state index >= 15 is 0 Å². The quantitative estimate of drug-likeness (QED) is 0.870. The van der Waals surface area contributed by atoms with Crippen LogP contribution in [0.3, 0.4) is 0 Å². The summed E-state index contributed by atoms with van der Waals surface area (Å²) >= 11 is 0. The molecule has 0 unspecified atom stereocenters. The fourth-order valence-electron chi connectivity index (χ4n) is 2.87. The van der Waals surface area contributed by atoms with E-state index in [1.165, 1.54) is 16.7 Å². The number of hydrogen-bond donors (Lipinski definition) is 1. The third-order valence-electron chi connectivity index (χ3n) is 3.97. The summed E-state index contributed by atoms with van der Waals surface area (Å²) in [6.07, 6.45) is 1.07. The molecule has 0 spiro atoms. The van der Waals surface area contributed by atoms with E-state index in [9.17, 15) is 0 Å². The van der Waals surface area contributed by atoms with Gasteiger partial charge in [-0.15, -0.1) is 0 Å². The van der Waals surface area contributed by atoms with Gasteiger partial charge in [-0.3, -0.25) is 4.90 Å². The highest BCUT2D eigenvalue weighted by atomic mass is 16.5. The smallest absolute Gasteiger partial charge is 0.123 e. The Morgan fingerprint density at radius 2 is 2.00 bits per heavy atom. The molecule has 0 fully saturated rings. The first-order valence-electron chi connectivity index (χ1n) is 6.98. The Labute approximate surface area is 120 Å². The number of nitrogen functional groups attached to an aromatic ring is 1. The average molecular weight is 268 g/mol. The number of anilines is 1. The Balaban J connectivity index is 1.79. The maximum atomic E-state index is 6.10. The third-order valence-corrected chi connectivity index (χ3v) is 3.97. The van der Waals surface area contributed by atoms with Gasteiger partial charge >= 0.3 is 0 Å². The minimum Gasteiger partial charge on any atom is -0.496 e. The zero-order valence-corrected chi connectivity index (χ0v) is 11.8. The van der Waals surface area contributed by atoms with Gasteiger partial charge in [-0.25, -0.2) is 0 Å². The van der Waals surface area contributed by atoms with E-state index in [1.807, 2.05) is 24.3 Å². The second-order valence-electron chi connectivity index (χ2n) is 5.26. The molecule has 0 bridgehead atoms. The lowest BCUT2D eigenvalue weighted by atomic mass is 9.97. The number of hydrogen-bond acceptors (Lipinski definition) is 3. The first kappa shape index (κ1) is 13.0. The van der Waals surface area contributed by atoms with Gasteiger partial charge in [0.15, 0.2) is 0 Å². The van der Waals surface area contributed by atoms with Crippen LogP contribution < -0.4 is 10.5 Å². The zero-order valence-electron chi connectivity index (χ0n) is 11.8. The van der Waals surface area contributed by atoms with Gasteiger partial charge in [-0.05, 0) is 29.7 Å². The number of fused-ring (bicyclic) bond motifs is 1. The second kappa shape index (κ2) is 5.55. The molecule has 3 nitrogen and oxygen atoms in total. The molecule has 1 aliphatic rings. The van der Waals surface area contributed by atoms with E-state index in [0.29, 0.717) is 0 Å². The Morgan fingerprint density at radius 1 is 1.15 bits per heavy atom. The highest BCUT2D eigenvalue weighted by Gasteiger charge is 2.18. The minimum atomic E-state index is 0.901. The summed E-state index contributed by atoms with van der Waals surface area (Å²) in [5.74, 6) is 0.958. The summed E-state index contributed by atoms with van der Waals surface area (Å²) < 4.78 is 5.43. The summed E-state index contributed by atoms with van der Waals surface area (Å²) in [5, 5.41) is 0. The van der Waals surface area contributed by atoms with Crippen molar-refractivity contribution in [2.75, 3.05) is 19.4 Å². The number of benzene rings is 2. The summed E-state index contributed by atoms with van der Waals surface area (Å²) in [6.45, 7) is 2.88. The Morgan fingerprint density at radius 3 is 2.85 bits per heavy atom. The highest BCUT2D eigenvalue weighted by molar-refractivity contribution is 5.51. The van der Waals surface area contributed by atoms with Crippen LogP contribution in [0.2, 0.25) is 0 Å². The van der Waals surface area contributed by atoms with E-state index < -0.39 is 0 Å². The summed E-state index contributed by atoms with van der Waals surface area (Å²) in [6, 6.07) is 14.4. The molecular formula is C17H20N2O.